The van der Waals surface area contributed by atoms with Gasteiger partial charge in [-0.05, 0) is 31.9 Å². The number of ether oxygens (including phenoxy) is 1. The summed E-state index contributed by atoms with van der Waals surface area (Å²) in [5, 5.41) is 0. The van der Waals surface area contributed by atoms with Gasteiger partial charge in [-0.3, -0.25) is 4.79 Å². The van der Waals surface area contributed by atoms with E-state index in [9.17, 15) is 13.2 Å². The predicted molar refractivity (Wildman–Crippen MR) is 91.6 cm³/mol. The minimum Gasteiger partial charge on any atom is -0.374 e. The molecule has 0 N–H and O–H groups in total. The maximum atomic E-state index is 12.6. The van der Waals surface area contributed by atoms with E-state index >= 15 is 0 Å². The van der Waals surface area contributed by atoms with Gasteiger partial charge in [-0.1, -0.05) is 30.5 Å². The van der Waals surface area contributed by atoms with Crippen LogP contribution in [0, 0.1) is 6.92 Å². The van der Waals surface area contributed by atoms with Crippen LogP contribution in [0.1, 0.15) is 37.7 Å². The quantitative estimate of drug-likeness (QED) is 0.835. The molecular weight excluding hydrogens is 326 g/mol. The number of fused-ring (bicyclic) bond motifs is 1. The van der Waals surface area contributed by atoms with Gasteiger partial charge in [0.25, 0.3) is 0 Å². The largest absolute Gasteiger partial charge is 0.374 e. The molecule has 2 unspecified atom stereocenters. The van der Waals surface area contributed by atoms with Crippen molar-refractivity contribution in [1.82, 2.24) is 4.90 Å². The van der Waals surface area contributed by atoms with Crippen molar-refractivity contribution in [2.75, 3.05) is 18.9 Å². The first-order valence-electron chi connectivity index (χ1n) is 8.68. The van der Waals surface area contributed by atoms with E-state index in [1.165, 1.54) is 0 Å². The molecule has 1 amide bonds. The second-order valence-corrected chi connectivity index (χ2v) is 8.84. The van der Waals surface area contributed by atoms with Crippen LogP contribution in [0.3, 0.4) is 0 Å². The van der Waals surface area contributed by atoms with E-state index in [0.29, 0.717) is 18.0 Å². The number of benzene rings is 1. The summed E-state index contributed by atoms with van der Waals surface area (Å²) in [5.74, 6) is -0.199. The number of hydrogen-bond donors (Lipinski definition) is 0. The SMILES string of the molecule is Cc1ccc(S(=O)(=O)CCC(=O)N2CCOC3CCCCC32)cc1. The highest BCUT2D eigenvalue weighted by Crippen LogP contribution is 2.29. The van der Waals surface area contributed by atoms with Crippen molar-refractivity contribution < 1.29 is 17.9 Å². The summed E-state index contributed by atoms with van der Waals surface area (Å²) in [6, 6.07) is 6.91. The van der Waals surface area contributed by atoms with Crippen molar-refractivity contribution in [2.24, 2.45) is 0 Å². The fraction of sp³-hybridized carbons (Fsp3) is 0.611. The van der Waals surface area contributed by atoms with Gasteiger partial charge in [0.2, 0.25) is 5.91 Å². The molecule has 1 aromatic carbocycles. The summed E-state index contributed by atoms with van der Waals surface area (Å²) < 4.78 is 30.6. The second-order valence-electron chi connectivity index (χ2n) is 6.73. The molecule has 1 saturated heterocycles. The Morgan fingerprint density at radius 3 is 2.67 bits per heavy atom. The van der Waals surface area contributed by atoms with Gasteiger partial charge < -0.3 is 9.64 Å². The van der Waals surface area contributed by atoms with Crippen molar-refractivity contribution in [3.8, 4) is 0 Å². The first kappa shape index (κ1) is 17.4. The summed E-state index contributed by atoms with van der Waals surface area (Å²) in [6.07, 6.45) is 4.38. The summed E-state index contributed by atoms with van der Waals surface area (Å²) in [6.45, 7) is 3.04. The van der Waals surface area contributed by atoms with Crippen LogP contribution in [0.2, 0.25) is 0 Å². The number of amides is 1. The number of nitrogens with zero attached hydrogens (tertiary/aromatic N) is 1. The van der Waals surface area contributed by atoms with Gasteiger partial charge in [-0.25, -0.2) is 8.42 Å². The highest BCUT2D eigenvalue weighted by molar-refractivity contribution is 7.91. The third-order valence-electron chi connectivity index (χ3n) is 5.02. The molecule has 1 aromatic rings. The van der Waals surface area contributed by atoms with Crippen molar-refractivity contribution in [2.45, 2.75) is 56.1 Å². The van der Waals surface area contributed by atoms with Crippen LogP contribution in [0.25, 0.3) is 0 Å². The molecule has 0 radical (unpaired) electrons. The number of carbonyl (C=O) groups is 1. The first-order chi connectivity index (χ1) is 11.5. The zero-order chi connectivity index (χ0) is 17.2. The zero-order valence-corrected chi connectivity index (χ0v) is 14.9. The third-order valence-corrected chi connectivity index (χ3v) is 6.75. The highest BCUT2D eigenvalue weighted by atomic mass is 32.2. The van der Waals surface area contributed by atoms with Crippen molar-refractivity contribution in [3.63, 3.8) is 0 Å². The molecule has 2 fully saturated rings. The average molecular weight is 351 g/mol. The molecule has 1 saturated carbocycles. The number of morpholine rings is 1. The molecule has 0 aromatic heterocycles. The van der Waals surface area contributed by atoms with E-state index in [1.807, 2.05) is 11.8 Å². The molecule has 5 nitrogen and oxygen atoms in total. The number of sulfone groups is 1. The van der Waals surface area contributed by atoms with E-state index in [4.69, 9.17) is 4.74 Å². The molecule has 1 aliphatic heterocycles. The van der Waals surface area contributed by atoms with Crippen LogP contribution in [0.5, 0.6) is 0 Å². The summed E-state index contributed by atoms with van der Waals surface area (Å²) in [5.41, 5.74) is 1.02. The lowest BCUT2D eigenvalue weighted by molar-refractivity contribution is -0.149. The molecule has 1 heterocycles. The van der Waals surface area contributed by atoms with Gasteiger partial charge in [-0.2, -0.15) is 0 Å². The lowest BCUT2D eigenvalue weighted by atomic mass is 9.90. The Kier molecular flexibility index (Phi) is 5.25. The third kappa shape index (κ3) is 3.81. The van der Waals surface area contributed by atoms with Gasteiger partial charge >= 0.3 is 0 Å². The summed E-state index contributed by atoms with van der Waals surface area (Å²) >= 11 is 0. The molecule has 1 aliphatic carbocycles. The zero-order valence-electron chi connectivity index (χ0n) is 14.1. The molecule has 2 atom stereocenters. The molecule has 6 heteroatoms. The van der Waals surface area contributed by atoms with Gasteiger partial charge in [0, 0.05) is 13.0 Å². The fourth-order valence-electron chi connectivity index (χ4n) is 3.63. The molecule has 2 aliphatic rings. The molecule has 0 spiro atoms. The van der Waals surface area contributed by atoms with Crippen LogP contribution < -0.4 is 0 Å². The van der Waals surface area contributed by atoms with Gasteiger partial charge in [0.15, 0.2) is 9.84 Å². The molecule has 24 heavy (non-hydrogen) atoms. The van der Waals surface area contributed by atoms with E-state index in [0.717, 1.165) is 31.2 Å². The van der Waals surface area contributed by atoms with E-state index in [-0.39, 0.29) is 30.2 Å². The Hall–Kier alpha value is -1.40. The smallest absolute Gasteiger partial charge is 0.224 e. The maximum Gasteiger partial charge on any atom is 0.224 e. The van der Waals surface area contributed by atoms with Crippen molar-refractivity contribution in [1.29, 1.82) is 0 Å². The summed E-state index contributed by atoms with van der Waals surface area (Å²) in [4.78, 5) is 14.7. The number of aryl methyl sites for hydroxylation is 1. The van der Waals surface area contributed by atoms with Crippen molar-refractivity contribution in [3.05, 3.63) is 29.8 Å². The minimum absolute atomic E-state index is 0.0411. The number of carbonyl (C=O) groups excluding carboxylic acids is 1. The Balaban J connectivity index is 1.63. The minimum atomic E-state index is -3.42. The van der Waals surface area contributed by atoms with Crippen LogP contribution >= 0.6 is 0 Å². The Morgan fingerprint density at radius 1 is 1.21 bits per heavy atom. The first-order valence-corrected chi connectivity index (χ1v) is 10.3. The Labute approximate surface area is 143 Å². The van der Waals surface area contributed by atoms with Crippen LogP contribution in [-0.4, -0.2) is 50.3 Å². The van der Waals surface area contributed by atoms with E-state index < -0.39 is 9.84 Å². The van der Waals surface area contributed by atoms with Gasteiger partial charge in [0.1, 0.15) is 0 Å². The fourth-order valence-corrected chi connectivity index (χ4v) is 4.86. The number of rotatable bonds is 4. The Morgan fingerprint density at radius 2 is 1.92 bits per heavy atom. The standard InChI is InChI=1S/C18H25NO4S/c1-14-6-8-15(9-7-14)24(21,22)13-10-18(20)19-11-12-23-17-5-3-2-4-16(17)19/h6-9,16-17H,2-5,10-13H2,1H3. The molecule has 3 rings (SSSR count). The molecular formula is C18H25NO4S. The van der Waals surface area contributed by atoms with Crippen LogP contribution in [0.4, 0.5) is 0 Å². The number of hydrogen-bond acceptors (Lipinski definition) is 4. The van der Waals surface area contributed by atoms with Crippen molar-refractivity contribution >= 4 is 15.7 Å². The molecule has 132 valence electrons. The predicted octanol–water partition coefficient (Wildman–Crippen LogP) is 2.33. The topological polar surface area (TPSA) is 63.7 Å². The summed E-state index contributed by atoms with van der Waals surface area (Å²) in [7, 11) is -3.42. The average Bonchev–Trinajstić information content (AvgIpc) is 2.59. The highest BCUT2D eigenvalue weighted by Gasteiger charge is 2.36. The van der Waals surface area contributed by atoms with Crippen LogP contribution in [0.15, 0.2) is 29.2 Å². The lowest BCUT2D eigenvalue weighted by Crippen LogP contribution is -2.55. The van der Waals surface area contributed by atoms with Crippen LogP contribution in [-0.2, 0) is 19.4 Å². The molecule has 0 bridgehead atoms. The Bertz CT molecular complexity index is 681. The maximum absolute atomic E-state index is 12.6. The normalized spacial score (nSPS) is 24.5. The van der Waals surface area contributed by atoms with Gasteiger partial charge in [-0.15, -0.1) is 0 Å². The van der Waals surface area contributed by atoms with E-state index in [1.54, 1.807) is 24.3 Å². The lowest BCUT2D eigenvalue weighted by Gasteiger charge is -2.43. The van der Waals surface area contributed by atoms with Gasteiger partial charge in [0.05, 0.1) is 29.4 Å². The van der Waals surface area contributed by atoms with E-state index in [2.05, 4.69) is 0 Å². The monoisotopic (exact) mass is 351 g/mol. The second kappa shape index (κ2) is 7.23.